The molecule has 0 unspecified atom stereocenters. The third-order valence-electron chi connectivity index (χ3n) is 5.54. The molecule has 0 saturated carbocycles. The second-order valence-electron chi connectivity index (χ2n) is 8.35. The van der Waals surface area contributed by atoms with E-state index in [1.807, 2.05) is 25.1 Å². The molecule has 0 aromatic carbocycles. The molecular formula is C24H18F2N8S. The maximum atomic E-state index is 15.9. The first kappa shape index (κ1) is 21.4. The lowest BCUT2D eigenvalue weighted by atomic mass is 10.1. The quantitative estimate of drug-likeness (QED) is 0.353. The molecule has 6 rings (SSSR count). The molecule has 0 aliphatic carbocycles. The van der Waals surface area contributed by atoms with E-state index in [9.17, 15) is 4.39 Å². The molecule has 6 aromatic rings. The summed E-state index contributed by atoms with van der Waals surface area (Å²) in [5.74, 6) is -0.151. The number of thiophene rings is 1. The average molecular weight is 489 g/mol. The zero-order valence-electron chi connectivity index (χ0n) is 18.7. The summed E-state index contributed by atoms with van der Waals surface area (Å²) in [7, 11) is 3.91. The second kappa shape index (κ2) is 8.29. The Morgan fingerprint density at radius 3 is 2.66 bits per heavy atom. The number of H-pyrrole nitrogens is 2. The van der Waals surface area contributed by atoms with E-state index in [0.29, 0.717) is 50.7 Å². The molecule has 0 saturated heterocycles. The van der Waals surface area contributed by atoms with Gasteiger partial charge in [-0.15, -0.1) is 11.3 Å². The summed E-state index contributed by atoms with van der Waals surface area (Å²) >= 11 is 0.990. The molecule has 0 radical (unpaired) electrons. The Labute approximate surface area is 201 Å². The summed E-state index contributed by atoms with van der Waals surface area (Å²) in [6.45, 7) is 0.672. The highest BCUT2D eigenvalue weighted by molar-refractivity contribution is 7.13. The van der Waals surface area contributed by atoms with E-state index >= 15 is 4.39 Å². The van der Waals surface area contributed by atoms with Gasteiger partial charge in [-0.3, -0.25) is 20.1 Å². The van der Waals surface area contributed by atoms with Gasteiger partial charge in [-0.2, -0.15) is 9.49 Å². The number of aromatic amines is 2. The van der Waals surface area contributed by atoms with Crippen LogP contribution in [0.15, 0.2) is 49.1 Å². The normalized spacial score (nSPS) is 11.8. The van der Waals surface area contributed by atoms with Crippen molar-refractivity contribution in [3.63, 3.8) is 0 Å². The van der Waals surface area contributed by atoms with E-state index in [1.165, 1.54) is 6.07 Å². The number of halogens is 2. The van der Waals surface area contributed by atoms with Gasteiger partial charge in [0.15, 0.2) is 16.8 Å². The Bertz CT molecular complexity index is 1700. The molecule has 6 aromatic heterocycles. The first-order valence-electron chi connectivity index (χ1n) is 10.7. The summed E-state index contributed by atoms with van der Waals surface area (Å²) in [6.07, 6.45) is 6.52. The van der Waals surface area contributed by atoms with E-state index in [2.05, 4.69) is 35.1 Å². The maximum Gasteiger partial charge on any atom is 0.177 e. The van der Waals surface area contributed by atoms with Crippen LogP contribution < -0.4 is 0 Å². The van der Waals surface area contributed by atoms with Gasteiger partial charge in [-0.05, 0) is 43.9 Å². The number of aromatic nitrogens is 7. The van der Waals surface area contributed by atoms with Gasteiger partial charge in [0.25, 0.3) is 0 Å². The van der Waals surface area contributed by atoms with Crippen LogP contribution in [0.1, 0.15) is 5.56 Å². The average Bonchev–Trinajstić information content (AvgIpc) is 3.56. The third kappa shape index (κ3) is 3.74. The standard InChI is InChI=1S/C24H18F2N8S/c1-34(2)11-12-7-13(9-27-8-12)20-19(26)18-15(10-29-20)32-33-23(18)24-30-14-5-6-28-22(21(14)31-24)16-3-4-17(25)35-16/h3-10H,11H2,1-2H3,(H,30,31)(H,32,33). The smallest absolute Gasteiger partial charge is 0.177 e. The Kier molecular flexibility index (Phi) is 5.08. The number of fused-ring (bicyclic) bond motifs is 2. The van der Waals surface area contributed by atoms with Crippen molar-refractivity contribution in [2.24, 2.45) is 0 Å². The SMILES string of the molecule is CN(C)Cc1cncc(-c2ncc3[nH]nc(-c4nc5c(-c6ccc(F)s6)nccc5[nH]4)c3c2F)c1. The maximum absolute atomic E-state index is 15.9. The zero-order chi connectivity index (χ0) is 24.1. The van der Waals surface area contributed by atoms with E-state index in [4.69, 9.17) is 0 Å². The molecule has 2 N–H and O–H groups in total. The van der Waals surface area contributed by atoms with Gasteiger partial charge in [0.2, 0.25) is 0 Å². The minimum absolute atomic E-state index is 0.181. The van der Waals surface area contributed by atoms with Crippen LogP contribution in [0, 0.1) is 10.9 Å². The fraction of sp³-hybridized carbons (Fsp3) is 0.125. The van der Waals surface area contributed by atoms with Crippen molar-refractivity contribution in [1.82, 2.24) is 40.0 Å². The minimum Gasteiger partial charge on any atom is -0.336 e. The minimum atomic E-state index is -0.519. The van der Waals surface area contributed by atoms with Crippen LogP contribution in [0.2, 0.25) is 0 Å². The predicted molar refractivity (Wildman–Crippen MR) is 131 cm³/mol. The van der Waals surface area contributed by atoms with Gasteiger partial charge in [0.05, 0.1) is 27.5 Å². The topological polar surface area (TPSA) is 99.3 Å². The number of pyridine rings is 3. The number of hydrogen-bond donors (Lipinski definition) is 2. The molecule has 6 heterocycles. The molecule has 0 aliphatic rings. The van der Waals surface area contributed by atoms with E-state index in [1.54, 1.807) is 36.9 Å². The number of rotatable bonds is 5. The van der Waals surface area contributed by atoms with Crippen molar-refractivity contribution in [1.29, 1.82) is 0 Å². The van der Waals surface area contributed by atoms with Crippen molar-refractivity contribution in [2.45, 2.75) is 6.54 Å². The molecular weight excluding hydrogens is 470 g/mol. The first-order valence-corrected chi connectivity index (χ1v) is 11.5. The molecule has 0 fully saturated rings. The van der Waals surface area contributed by atoms with Crippen molar-refractivity contribution in [3.05, 3.63) is 65.6 Å². The van der Waals surface area contributed by atoms with Crippen LogP contribution in [-0.2, 0) is 6.54 Å². The van der Waals surface area contributed by atoms with Gasteiger partial charge in [0.1, 0.15) is 22.6 Å². The summed E-state index contributed by atoms with van der Waals surface area (Å²) in [4.78, 5) is 23.5. The van der Waals surface area contributed by atoms with Gasteiger partial charge < -0.3 is 9.88 Å². The Morgan fingerprint density at radius 1 is 0.971 bits per heavy atom. The summed E-state index contributed by atoms with van der Waals surface area (Å²) in [5.41, 5.74) is 4.25. The highest BCUT2D eigenvalue weighted by atomic mass is 32.1. The van der Waals surface area contributed by atoms with Crippen LogP contribution >= 0.6 is 11.3 Å². The highest BCUT2D eigenvalue weighted by Crippen LogP contribution is 2.35. The van der Waals surface area contributed by atoms with Crippen LogP contribution in [0.3, 0.4) is 0 Å². The molecule has 35 heavy (non-hydrogen) atoms. The van der Waals surface area contributed by atoms with E-state index < -0.39 is 5.82 Å². The number of imidazole rings is 1. The predicted octanol–water partition coefficient (Wildman–Crippen LogP) is 5.03. The number of hydrogen-bond acceptors (Lipinski definition) is 7. The summed E-state index contributed by atoms with van der Waals surface area (Å²) < 4.78 is 29.5. The van der Waals surface area contributed by atoms with Crippen LogP contribution in [0.25, 0.3) is 55.3 Å². The molecule has 0 spiro atoms. The van der Waals surface area contributed by atoms with Crippen molar-refractivity contribution in [2.75, 3.05) is 14.1 Å². The molecule has 174 valence electrons. The van der Waals surface area contributed by atoms with Crippen molar-refractivity contribution in [3.8, 4) is 33.3 Å². The monoisotopic (exact) mass is 488 g/mol. The molecule has 0 atom stereocenters. The molecule has 0 amide bonds. The lowest BCUT2D eigenvalue weighted by molar-refractivity contribution is 0.402. The van der Waals surface area contributed by atoms with Gasteiger partial charge in [-0.1, -0.05) is 0 Å². The van der Waals surface area contributed by atoms with Gasteiger partial charge >= 0.3 is 0 Å². The second-order valence-corrected chi connectivity index (χ2v) is 9.38. The summed E-state index contributed by atoms with van der Waals surface area (Å²) in [6, 6.07) is 6.69. The molecule has 0 aliphatic heterocycles. The van der Waals surface area contributed by atoms with Gasteiger partial charge in [0, 0.05) is 30.7 Å². The first-order chi connectivity index (χ1) is 17.0. The fourth-order valence-corrected chi connectivity index (χ4v) is 4.81. The lowest BCUT2D eigenvalue weighted by Gasteiger charge is -2.10. The van der Waals surface area contributed by atoms with E-state index in [-0.39, 0.29) is 16.2 Å². The lowest BCUT2D eigenvalue weighted by Crippen LogP contribution is -2.10. The fourth-order valence-electron chi connectivity index (χ4n) is 4.09. The van der Waals surface area contributed by atoms with Crippen molar-refractivity contribution < 1.29 is 8.78 Å². The molecule has 0 bridgehead atoms. The largest absolute Gasteiger partial charge is 0.336 e. The Balaban J connectivity index is 1.49. The van der Waals surface area contributed by atoms with Crippen LogP contribution in [0.5, 0.6) is 0 Å². The third-order valence-corrected chi connectivity index (χ3v) is 6.42. The number of nitrogens with one attached hydrogen (secondary N) is 2. The van der Waals surface area contributed by atoms with Crippen LogP contribution in [0.4, 0.5) is 8.78 Å². The molecule has 8 nitrogen and oxygen atoms in total. The Morgan fingerprint density at radius 2 is 1.86 bits per heavy atom. The Hall–Kier alpha value is -4.09. The van der Waals surface area contributed by atoms with Crippen LogP contribution in [-0.4, -0.2) is 54.1 Å². The molecule has 11 heteroatoms. The van der Waals surface area contributed by atoms with E-state index in [0.717, 1.165) is 16.9 Å². The van der Waals surface area contributed by atoms with Crippen molar-refractivity contribution >= 4 is 33.3 Å². The zero-order valence-corrected chi connectivity index (χ0v) is 19.5. The van der Waals surface area contributed by atoms with Gasteiger partial charge in [-0.25, -0.2) is 9.37 Å². The number of nitrogens with zero attached hydrogens (tertiary/aromatic N) is 6. The highest BCUT2D eigenvalue weighted by Gasteiger charge is 2.22. The summed E-state index contributed by atoms with van der Waals surface area (Å²) in [5, 5.41) is 7.12.